The molecule has 7 nitrogen and oxygen atoms in total. The van der Waals surface area contributed by atoms with Crippen molar-refractivity contribution in [2.45, 2.75) is 59.0 Å². The van der Waals surface area contributed by atoms with Crippen LogP contribution in [0.25, 0.3) is 0 Å². The maximum atomic E-state index is 4.80. The number of hydrogen-bond acceptors (Lipinski definition) is 4. The van der Waals surface area contributed by atoms with Gasteiger partial charge in [0.25, 0.3) is 0 Å². The van der Waals surface area contributed by atoms with Gasteiger partial charge in [-0.25, -0.2) is 0 Å². The molecule has 1 aromatic rings. The molecule has 1 fully saturated rings. The SMILES string of the molecule is CCNC(=NCC(CC)N1CCCC1)NCCn1cnnc1CC.I. The highest BCUT2D eigenvalue weighted by molar-refractivity contribution is 14.0. The quantitative estimate of drug-likeness (QED) is 0.333. The fourth-order valence-electron chi connectivity index (χ4n) is 3.18. The van der Waals surface area contributed by atoms with E-state index in [-0.39, 0.29) is 24.0 Å². The monoisotopic (exact) mass is 463 g/mol. The number of aryl methyl sites for hydroxylation is 1. The largest absolute Gasteiger partial charge is 0.357 e. The van der Waals surface area contributed by atoms with Gasteiger partial charge < -0.3 is 15.2 Å². The van der Waals surface area contributed by atoms with Crippen LogP contribution in [0.15, 0.2) is 11.3 Å². The van der Waals surface area contributed by atoms with E-state index in [9.17, 15) is 0 Å². The number of aliphatic imine (C=N–C) groups is 1. The van der Waals surface area contributed by atoms with Crippen LogP contribution in [0, 0.1) is 0 Å². The van der Waals surface area contributed by atoms with Crippen molar-refractivity contribution in [1.29, 1.82) is 0 Å². The molecular formula is C17H34IN7. The first kappa shape index (κ1) is 22.1. The predicted molar refractivity (Wildman–Crippen MR) is 114 cm³/mol. The average molecular weight is 463 g/mol. The molecule has 2 rings (SSSR count). The smallest absolute Gasteiger partial charge is 0.191 e. The van der Waals surface area contributed by atoms with Crippen molar-refractivity contribution in [3.05, 3.63) is 12.2 Å². The number of likely N-dealkylation sites (tertiary alicyclic amines) is 1. The lowest BCUT2D eigenvalue weighted by Gasteiger charge is -2.25. The molecule has 0 saturated carbocycles. The molecule has 0 aromatic carbocycles. The minimum atomic E-state index is 0. The van der Waals surface area contributed by atoms with E-state index in [0.717, 1.165) is 50.8 Å². The minimum Gasteiger partial charge on any atom is -0.357 e. The van der Waals surface area contributed by atoms with Crippen molar-refractivity contribution in [3.63, 3.8) is 0 Å². The standard InChI is InChI=1S/C17H33N7.HI/c1-4-15(23-10-7-8-11-23)13-20-17(18-6-3)19-9-12-24-14-21-22-16(24)5-2;/h14-15H,4-13H2,1-3H3,(H2,18,19,20);1H. The number of nitrogens with zero attached hydrogens (tertiary/aromatic N) is 5. The zero-order valence-corrected chi connectivity index (χ0v) is 18.2. The van der Waals surface area contributed by atoms with E-state index in [0.29, 0.717) is 6.04 Å². The summed E-state index contributed by atoms with van der Waals surface area (Å²) in [6, 6.07) is 0.562. The van der Waals surface area contributed by atoms with Gasteiger partial charge in [-0.1, -0.05) is 13.8 Å². The number of guanidine groups is 1. The lowest BCUT2D eigenvalue weighted by atomic mass is 10.2. The number of hydrogen-bond donors (Lipinski definition) is 2. The lowest BCUT2D eigenvalue weighted by Crippen LogP contribution is -2.41. The van der Waals surface area contributed by atoms with Gasteiger partial charge in [0.1, 0.15) is 12.2 Å². The molecule has 0 radical (unpaired) electrons. The van der Waals surface area contributed by atoms with Gasteiger partial charge in [0.2, 0.25) is 0 Å². The molecular weight excluding hydrogens is 429 g/mol. The van der Waals surface area contributed by atoms with E-state index < -0.39 is 0 Å². The van der Waals surface area contributed by atoms with Crippen LogP contribution in [-0.4, -0.2) is 64.4 Å². The normalized spacial score (nSPS) is 16.5. The van der Waals surface area contributed by atoms with Crippen LogP contribution in [0.2, 0.25) is 0 Å². The molecule has 2 N–H and O–H groups in total. The van der Waals surface area contributed by atoms with Crippen LogP contribution >= 0.6 is 24.0 Å². The molecule has 1 saturated heterocycles. The first-order valence-corrected chi connectivity index (χ1v) is 9.41. The molecule has 144 valence electrons. The third kappa shape index (κ3) is 7.08. The highest BCUT2D eigenvalue weighted by atomic mass is 127. The van der Waals surface area contributed by atoms with Crippen molar-refractivity contribution in [3.8, 4) is 0 Å². The molecule has 0 bridgehead atoms. The Kier molecular flexibility index (Phi) is 11.0. The Labute approximate surface area is 169 Å². The molecule has 1 unspecified atom stereocenters. The maximum Gasteiger partial charge on any atom is 0.191 e. The molecule has 0 spiro atoms. The molecule has 2 heterocycles. The Balaban J connectivity index is 0.00000312. The van der Waals surface area contributed by atoms with E-state index in [1.54, 1.807) is 6.33 Å². The lowest BCUT2D eigenvalue weighted by molar-refractivity contribution is 0.242. The molecule has 1 aromatic heterocycles. The van der Waals surface area contributed by atoms with E-state index in [4.69, 9.17) is 4.99 Å². The van der Waals surface area contributed by atoms with Gasteiger partial charge in [-0.15, -0.1) is 34.2 Å². The number of halogens is 1. The number of rotatable bonds is 9. The second-order valence-electron chi connectivity index (χ2n) is 6.25. The second-order valence-corrected chi connectivity index (χ2v) is 6.25. The third-order valence-electron chi connectivity index (χ3n) is 4.59. The summed E-state index contributed by atoms with van der Waals surface area (Å²) in [6.07, 6.45) is 6.52. The van der Waals surface area contributed by atoms with Gasteiger partial charge in [-0.05, 0) is 39.3 Å². The van der Waals surface area contributed by atoms with Crippen LogP contribution < -0.4 is 10.6 Å². The zero-order chi connectivity index (χ0) is 17.2. The van der Waals surface area contributed by atoms with Gasteiger partial charge in [-0.3, -0.25) is 9.89 Å². The summed E-state index contributed by atoms with van der Waals surface area (Å²) in [5.41, 5.74) is 0. The third-order valence-corrected chi connectivity index (χ3v) is 4.59. The van der Waals surface area contributed by atoms with Crippen LogP contribution in [0.4, 0.5) is 0 Å². The summed E-state index contributed by atoms with van der Waals surface area (Å²) in [5, 5.41) is 14.9. The summed E-state index contributed by atoms with van der Waals surface area (Å²) in [6.45, 7) is 12.3. The van der Waals surface area contributed by atoms with Gasteiger partial charge in [0, 0.05) is 32.1 Å². The molecule has 1 atom stereocenters. The van der Waals surface area contributed by atoms with E-state index in [1.165, 1.54) is 25.9 Å². The van der Waals surface area contributed by atoms with Crippen LogP contribution in [0.1, 0.15) is 45.9 Å². The van der Waals surface area contributed by atoms with Crippen molar-refractivity contribution >= 4 is 29.9 Å². The van der Waals surface area contributed by atoms with Crippen LogP contribution in [-0.2, 0) is 13.0 Å². The predicted octanol–water partition coefficient (Wildman–Crippen LogP) is 1.89. The topological polar surface area (TPSA) is 70.4 Å². The number of aromatic nitrogens is 3. The summed E-state index contributed by atoms with van der Waals surface area (Å²) in [5.74, 6) is 1.93. The van der Waals surface area contributed by atoms with E-state index in [1.807, 2.05) is 0 Å². The summed E-state index contributed by atoms with van der Waals surface area (Å²) in [7, 11) is 0. The summed E-state index contributed by atoms with van der Waals surface area (Å²) in [4.78, 5) is 7.38. The number of nitrogens with one attached hydrogen (secondary N) is 2. The van der Waals surface area contributed by atoms with Crippen LogP contribution in [0.3, 0.4) is 0 Å². The Morgan fingerprint density at radius 1 is 1.24 bits per heavy atom. The van der Waals surface area contributed by atoms with Gasteiger partial charge in [0.05, 0.1) is 6.54 Å². The molecule has 8 heteroatoms. The highest BCUT2D eigenvalue weighted by Crippen LogP contribution is 2.14. The first-order valence-electron chi connectivity index (χ1n) is 9.41. The maximum absolute atomic E-state index is 4.80. The second kappa shape index (κ2) is 12.5. The van der Waals surface area contributed by atoms with Gasteiger partial charge >= 0.3 is 0 Å². The molecule has 1 aliphatic rings. The van der Waals surface area contributed by atoms with Crippen molar-refractivity contribution < 1.29 is 0 Å². The minimum absolute atomic E-state index is 0. The molecule has 25 heavy (non-hydrogen) atoms. The first-order chi connectivity index (χ1) is 11.8. The average Bonchev–Trinajstić information content (AvgIpc) is 3.27. The fourth-order valence-corrected chi connectivity index (χ4v) is 3.18. The van der Waals surface area contributed by atoms with Crippen LogP contribution in [0.5, 0.6) is 0 Å². The summed E-state index contributed by atoms with van der Waals surface area (Å²) < 4.78 is 2.09. The Morgan fingerprint density at radius 3 is 2.64 bits per heavy atom. The summed E-state index contributed by atoms with van der Waals surface area (Å²) >= 11 is 0. The zero-order valence-electron chi connectivity index (χ0n) is 15.9. The fraction of sp³-hybridized carbons (Fsp3) is 0.824. The Morgan fingerprint density at radius 2 is 2.00 bits per heavy atom. The van der Waals surface area contributed by atoms with Gasteiger partial charge in [0.15, 0.2) is 5.96 Å². The van der Waals surface area contributed by atoms with Crippen molar-refractivity contribution in [2.24, 2.45) is 4.99 Å². The highest BCUT2D eigenvalue weighted by Gasteiger charge is 2.20. The Bertz CT molecular complexity index is 497. The molecule has 0 amide bonds. The van der Waals surface area contributed by atoms with Gasteiger partial charge in [-0.2, -0.15) is 0 Å². The van der Waals surface area contributed by atoms with E-state index >= 15 is 0 Å². The van der Waals surface area contributed by atoms with E-state index in [2.05, 4.69) is 51.1 Å². The van der Waals surface area contributed by atoms with Crippen molar-refractivity contribution in [1.82, 2.24) is 30.3 Å². The van der Waals surface area contributed by atoms with Crippen molar-refractivity contribution in [2.75, 3.05) is 32.7 Å². The molecule has 1 aliphatic heterocycles. The Hall–Kier alpha value is -0.900. The molecule has 0 aliphatic carbocycles.